The van der Waals surface area contributed by atoms with Crippen molar-refractivity contribution in [1.29, 1.82) is 0 Å². The van der Waals surface area contributed by atoms with Crippen LogP contribution < -0.4 is 5.73 Å². The molecule has 0 aliphatic carbocycles. The first kappa shape index (κ1) is 10.2. The maximum absolute atomic E-state index is 12.3. The summed E-state index contributed by atoms with van der Waals surface area (Å²) in [7, 11) is 0. The van der Waals surface area contributed by atoms with E-state index in [9.17, 15) is 13.2 Å². The summed E-state index contributed by atoms with van der Waals surface area (Å²) in [6.45, 7) is 0. The maximum Gasteiger partial charge on any atom is 0.438 e. The third kappa shape index (κ3) is 1.46. The molecule has 3 N–H and O–H groups in total. The predicted molar refractivity (Wildman–Crippen MR) is 42.7 cm³/mol. The quantitative estimate of drug-likeness (QED) is 0.563. The monoisotopic (exact) mass is 213 g/mol. The molecule has 0 fully saturated rings. The molecule has 0 aromatic carbocycles. The minimum Gasteiger partial charge on any atom is -0.375 e. The Kier molecular flexibility index (Phi) is 2.20. The van der Waals surface area contributed by atoms with E-state index in [0.717, 1.165) is 6.21 Å². The van der Waals surface area contributed by atoms with Gasteiger partial charge in [-0.1, -0.05) is 0 Å². The number of rotatable bonds is 0. The third-order valence-corrected chi connectivity index (χ3v) is 1.76. The number of alkyl halides is 3. The standard InChI is InChI=1S/C5H6F3N3OS/c6-5(7,8)4(12)1-2-10-11(4)3(9)13/h2,12H,1H2,(H2,9,13). The smallest absolute Gasteiger partial charge is 0.375 e. The molecule has 0 saturated heterocycles. The molecule has 0 saturated carbocycles. The average Bonchev–Trinajstić information content (AvgIpc) is 2.30. The molecule has 13 heavy (non-hydrogen) atoms. The summed E-state index contributed by atoms with van der Waals surface area (Å²) in [6, 6.07) is 0. The molecular weight excluding hydrogens is 207 g/mol. The van der Waals surface area contributed by atoms with Gasteiger partial charge in [-0.3, -0.25) is 0 Å². The molecule has 0 spiro atoms. The first-order chi connectivity index (χ1) is 5.79. The van der Waals surface area contributed by atoms with Crippen molar-refractivity contribution in [3.8, 4) is 0 Å². The summed E-state index contributed by atoms with van der Waals surface area (Å²) >= 11 is 4.30. The molecule has 0 amide bonds. The van der Waals surface area contributed by atoms with Gasteiger partial charge in [0.15, 0.2) is 5.11 Å². The number of nitrogens with zero attached hydrogens (tertiary/aromatic N) is 2. The molecule has 8 heteroatoms. The summed E-state index contributed by atoms with van der Waals surface area (Å²) in [5.74, 6) is 0. The van der Waals surface area contributed by atoms with Crippen LogP contribution in [-0.2, 0) is 0 Å². The first-order valence-corrected chi connectivity index (χ1v) is 3.61. The van der Waals surface area contributed by atoms with Crippen LogP contribution in [0.3, 0.4) is 0 Å². The van der Waals surface area contributed by atoms with E-state index in [2.05, 4.69) is 17.3 Å². The molecule has 0 radical (unpaired) electrons. The largest absolute Gasteiger partial charge is 0.438 e. The van der Waals surface area contributed by atoms with Gasteiger partial charge < -0.3 is 10.8 Å². The van der Waals surface area contributed by atoms with Gasteiger partial charge in [-0.25, -0.2) is 0 Å². The lowest BCUT2D eigenvalue weighted by atomic mass is 10.1. The molecule has 1 aliphatic heterocycles. The molecule has 4 nitrogen and oxygen atoms in total. The minimum absolute atomic E-state index is 0.183. The van der Waals surface area contributed by atoms with Crippen LogP contribution in [0.5, 0.6) is 0 Å². The van der Waals surface area contributed by atoms with Gasteiger partial charge in [-0.15, -0.1) is 0 Å². The van der Waals surface area contributed by atoms with Gasteiger partial charge in [0.05, 0.1) is 0 Å². The Labute approximate surface area is 76.8 Å². The Morgan fingerprint density at radius 1 is 1.69 bits per heavy atom. The zero-order valence-corrected chi connectivity index (χ0v) is 7.06. The van der Waals surface area contributed by atoms with Crippen molar-refractivity contribution in [3.63, 3.8) is 0 Å². The zero-order chi connectivity index (χ0) is 10.3. The van der Waals surface area contributed by atoms with E-state index in [4.69, 9.17) is 10.8 Å². The molecule has 0 bridgehead atoms. The van der Waals surface area contributed by atoms with E-state index in [1.807, 2.05) is 0 Å². The van der Waals surface area contributed by atoms with Crippen LogP contribution in [0.15, 0.2) is 5.10 Å². The fourth-order valence-corrected chi connectivity index (χ4v) is 1.10. The molecule has 0 aromatic rings. The number of aliphatic hydroxyl groups is 1. The van der Waals surface area contributed by atoms with Crippen molar-refractivity contribution in [1.82, 2.24) is 5.01 Å². The van der Waals surface area contributed by atoms with Crippen molar-refractivity contribution in [3.05, 3.63) is 0 Å². The summed E-state index contributed by atoms with van der Waals surface area (Å²) in [5, 5.41) is 12.0. The lowest BCUT2D eigenvalue weighted by Crippen LogP contribution is -2.57. The van der Waals surface area contributed by atoms with Crippen LogP contribution in [-0.4, -0.2) is 33.3 Å². The van der Waals surface area contributed by atoms with E-state index < -0.39 is 23.4 Å². The third-order valence-electron chi connectivity index (χ3n) is 1.59. The van der Waals surface area contributed by atoms with Crippen molar-refractivity contribution in [2.75, 3.05) is 0 Å². The fourth-order valence-electron chi connectivity index (χ4n) is 0.907. The van der Waals surface area contributed by atoms with E-state index in [0.29, 0.717) is 0 Å². The second kappa shape index (κ2) is 2.81. The highest BCUT2D eigenvalue weighted by Gasteiger charge is 2.60. The van der Waals surface area contributed by atoms with E-state index >= 15 is 0 Å². The number of nitrogens with two attached hydrogens (primary N) is 1. The molecule has 1 atom stereocenters. The Morgan fingerprint density at radius 3 is 2.54 bits per heavy atom. The van der Waals surface area contributed by atoms with Gasteiger partial charge in [0.1, 0.15) is 0 Å². The fraction of sp³-hybridized carbons (Fsp3) is 0.600. The zero-order valence-electron chi connectivity index (χ0n) is 6.25. The molecule has 1 unspecified atom stereocenters. The van der Waals surface area contributed by atoms with Gasteiger partial charge >= 0.3 is 6.18 Å². The first-order valence-electron chi connectivity index (χ1n) is 3.20. The van der Waals surface area contributed by atoms with E-state index in [-0.39, 0.29) is 5.01 Å². The van der Waals surface area contributed by atoms with E-state index in [1.54, 1.807) is 0 Å². The number of thiocarbonyl (C=S) groups is 1. The Morgan fingerprint density at radius 2 is 2.23 bits per heavy atom. The molecule has 1 aliphatic rings. The van der Waals surface area contributed by atoms with Gasteiger partial charge in [-0.05, 0) is 12.2 Å². The number of halogens is 3. The van der Waals surface area contributed by atoms with Crippen LogP contribution in [0.1, 0.15) is 6.42 Å². The van der Waals surface area contributed by atoms with Crippen LogP contribution in [0.2, 0.25) is 0 Å². The lowest BCUT2D eigenvalue weighted by molar-refractivity contribution is -0.294. The number of hydrazone groups is 1. The highest BCUT2D eigenvalue weighted by atomic mass is 32.1. The Balaban J connectivity index is 2.99. The molecule has 0 aromatic heterocycles. The molecule has 1 heterocycles. The van der Waals surface area contributed by atoms with Crippen molar-refractivity contribution in [2.24, 2.45) is 10.8 Å². The SMILES string of the molecule is NC(=S)N1N=CCC1(O)C(F)(F)F. The topological polar surface area (TPSA) is 61.8 Å². The summed E-state index contributed by atoms with van der Waals surface area (Å²) in [6.07, 6.45) is -4.60. The molecular formula is C5H6F3N3OS. The number of hydrogen-bond acceptors (Lipinski definition) is 3. The van der Waals surface area contributed by atoms with Gasteiger partial charge in [-0.2, -0.15) is 23.3 Å². The van der Waals surface area contributed by atoms with Gasteiger partial charge in [0, 0.05) is 12.6 Å². The second-order valence-electron chi connectivity index (χ2n) is 2.47. The molecule has 74 valence electrons. The minimum atomic E-state index is -4.84. The van der Waals surface area contributed by atoms with Crippen molar-refractivity contribution in [2.45, 2.75) is 18.3 Å². The lowest BCUT2D eigenvalue weighted by Gasteiger charge is -2.32. The van der Waals surface area contributed by atoms with Crippen molar-refractivity contribution < 1.29 is 18.3 Å². The highest BCUT2D eigenvalue weighted by Crippen LogP contribution is 2.38. The summed E-state index contributed by atoms with van der Waals surface area (Å²) < 4.78 is 36.8. The maximum atomic E-state index is 12.3. The predicted octanol–water partition coefficient (Wildman–Crippen LogP) is 0.172. The van der Waals surface area contributed by atoms with Crippen LogP contribution in [0, 0.1) is 0 Å². The van der Waals surface area contributed by atoms with E-state index in [1.165, 1.54) is 0 Å². The van der Waals surface area contributed by atoms with Gasteiger partial charge in [0.2, 0.25) is 0 Å². The Bertz CT molecular complexity index is 266. The van der Waals surface area contributed by atoms with Crippen LogP contribution >= 0.6 is 12.2 Å². The summed E-state index contributed by atoms with van der Waals surface area (Å²) in [5.41, 5.74) is 1.87. The Hall–Kier alpha value is -0.890. The van der Waals surface area contributed by atoms with Crippen LogP contribution in [0.25, 0.3) is 0 Å². The normalized spacial score (nSPS) is 28.2. The average molecular weight is 213 g/mol. The second-order valence-corrected chi connectivity index (χ2v) is 2.88. The van der Waals surface area contributed by atoms with Crippen LogP contribution in [0.4, 0.5) is 13.2 Å². The van der Waals surface area contributed by atoms with Crippen molar-refractivity contribution >= 4 is 23.5 Å². The highest BCUT2D eigenvalue weighted by molar-refractivity contribution is 7.80. The number of hydrogen-bond donors (Lipinski definition) is 2. The van der Waals surface area contributed by atoms with Gasteiger partial charge in [0.25, 0.3) is 5.72 Å². The summed E-state index contributed by atoms with van der Waals surface area (Å²) in [4.78, 5) is 0. The molecule has 1 rings (SSSR count).